The zero-order valence-corrected chi connectivity index (χ0v) is 18.3. The number of rotatable bonds is 5. The Bertz CT molecular complexity index is 1060. The number of carbonyl (C=O) groups is 1. The fraction of sp³-hybridized carbons (Fsp3) is 0.478. The summed E-state index contributed by atoms with van der Waals surface area (Å²) in [5, 5.41) is 2.84. The van der Waals surface area contributed by atoms with E-state index in [2.05, 4.69) is 10.3 Å². The van der Waals surface area contributed by atoms with Crippen LogP contribution in [0.4, 0.5) is 27.6 Å². The van der Waals surface area contributed by atoms with Crippen LogP contribution in [0.25, 0.3) is 11.1 Å². The number of hydrogen-bond acceptors (Lipinski definition) is 4. The molecule has 0 bridgehead atoms. The fourth-order valence-electron chi connectivity index (χ4n) is 4.36. The number of alkyl halides is 3. The smallest absolute Gasteiger partial charge is 0.368 e. The third-order valence-corrected chi connectivity index (χ3v) is 6.22. The van der Waals surface area contributed by atoms with E-state index in [0.717, 1.165) is 31.2 Å². The summed E-state index contributed by atoms with van der Waals surface area (Å²) in [7, 11) is 0. The molecule has 1 unspecified atom stereocenters. The van der Waals surface area contributed by atoms with E-state index < -0.39 is 40.5 Å². The van der Waals surface area contributed by atoms with Gasteiger partial charge in [0.25, 0.3) is 5.91 Å². The average Bonchev–Trinajstić information content (AvgIpc) is 3.48. The number of nitrogens with two attached hydrogens (primary N) is 1. The molecule has 1 aromatic heterocycles. The van der Waals surface area contributed by atoms with Crippen molar-refractivity contribution < 1.29 is 26.7 Å². The zero-order chi connectivity index (χ0) is 24.1. The molecule has 2 aromatic rings. The minimum atomic E-state index is -4.92. The van der Waals surface area contributed by atoms with E-state index in [4.69, 9.17) is 5.73 Å². The molecule has 3 N–H and O–H groups in total. The molecule has 1 saturated carbocycles. The number of carbonyl (C=O) groups excluding carboxylic acids is 1. The number of pyridine rings is 1. The largest absolute Gasteiger partial charge is 0.434 e. The maximum atomic E-state index is 14.0. The fourth-order valence-corrected chi connectivity index (χ4v) is 4.36. The number of nitrogens with one attached hydrogen (secondary N) is 1. The van der Waals surface area contributed by atoms with Gasteiger partial charge < -0.3 is 16.0 Å². The lowest BCUT2D eigenvalue weighted by Gasteiger charge is -2.28. The van der Waals surface area contributed by atoms with Crippen molar-refractivity contribution in [3.63, 3.8) is 0 Å². The normalized spacial score (nSPS) is 21.9. The number of aromatic nitrogens is 1. The Hall–Kier alpha value is -2.75. The van der Waals surface area contributed by atoms with Crippen LogP contribution in [0, 0.1) is 17.6 Å². The summed E-state index contributed by atoms with van der Waals surface area (Å²) in [6, 6.07) is 2.03. The summed E-state index contributed by atoms with van der Waals surface area (Å²) in [5.74, 6) is -2.34. The molecule has 1 amide bonds. The number of anilines is 1. The highest BCUT2D eigenvalue weighted by Crippen LogP contribution is 2.45. The Morgan fingerprint density at radius 1 is 1.24 bits per heavy atom. The summed E-state index contributed by atoms with van der Waals surface area (Å²) in [5.41, 5.74) is 3.15. The highest BCUT2D eigenvalue weighted by Gasteiger charge is 2.41. The van der Waals surface area contributed by atoms with Gasteiger partial charge in [0.05, 0.1) is 11.3 Å². The van der Waals surface area contributed by atoms with E-state index in [1.165, 1.54) is 0 Å². The molecule has 4 rings (SSSR count). The van der Waals surface area contributed by atoms with Crippen LogP contribution in [0.5, 0.6) is 0 Å². The Labute approximate surface area is 188 Å². The first-order chi connectivity index (χ1) is 15.4. The first-order valence-electron chi connectivity index (χ1n) is 10.8. The summed E-state index contributed by atoms with van der Waals surface area (Å²) in [6.07, 6.45) is -1.64. The van der Waals surface area contributed by atoms with Gasteiger partial charge in [0, 0.05) is 42.5 Å². The van der Waals surface area contributed by atoms with Gasteiger partial charge in [-0.25, -0.2) is 8.78 Å². The van der Waals surface area contributed by atoms with Gasteiger partial charge in [0.1, 0.15) is 11.6 Å². The van der Waals surface area contributed by atoms with E-state index in [0.29, 0.717) is 18.4 Å². The number of nitrogens with zero attached hydrogens (tertiary/aromatic N) is 2. The molecule has 2 aliphatic rings. The first-order valence-corrected chi connectivity index (χ1v) is 10.8. The lowest BCUT2D eigenvalue weighted by Crippen LogP contribution is -2.40. The minimum absolute atomic E-state index is 0.0722. The van der Waals surface area contributed by atoms with Crippen molar-refractivity contribution in [3.05, 3.63) is 47.3 Å². The van der Waals surface area contributed by atoms with E-state index in [9.17, 15) is 26.7 Å². The highest BCUT2D eigenvalue weighted by molar-refractivity contribution is 6.04. The van der Waals surface area contributed by atoms with Crippen LogP contribution in [-0.4, -0.2) is 35.6 Å². The van der Waals surface area contributed by atoms with Crippen molar-refractivity contribution in [2.75, 3.05) is 18.0 Å². The summed E-state index contributed by atoms with van der Waals surface area (Å²) in [4.78, 5) is 18.3. The van der Waals surface area contributed by atoms with Gasteiger partial charge in [-0.3, -0.25) is 9.78 Å². The van der Waals surface area contributed by atoms with Gasteiger partial charge in [-0.1, -0.05) is 0 Å². The molecule has 0 spiro atoms. The van der Waals surface area contributed by atoms with Crippen molar-refractivity contribution in [1.29, 1.82) is 0 Å². The Kier molecular flexibility index (Phi) is 5.84. The third kappa shape index (κ3) is 4.95. The van der Waals surface area contributed by atoms with E-state index in [1.807, 2.05) is 6.92 Å². The first kappa shape index (κ1) is 23.4. The second-order valence-electron chi connectivity index (χ2n) is 9.33. The summed E-state index contributed by atoms with van der Waals surface area (Å²) in [6.45, 7) is 4.03. The van der Waals surface area contributed by atoms with Crippen LogP contribution in [0.15, 0.2) is 24.4 Å². The van der Waals surface area contributed by atoms with Gasteiger partial charge in [0.15, 0.2) is 5.69 Å². The molecule has 1 aromatic carbocycles. The maximum Gasteiger partial charge on any atom is 0.434 e. The predicted octanol–water partition coefficient (Wildman–Crippen LogP) is 4.50. The van der Waals surface area contributed by atoms with E-state index in [-0.39, 0.29) is 35.9 Å². The number of amides is 1. The van der Waals surface area contributed by atoms with Crippen LogP contribution in [0.2, 0.25) is 0 Å². The lowest BCUT2D eigenvalue weighted by molar-refractivity contribution is -0.140. The Balaban J connectivity index is 1.94. The number of benzene rings is 1. The predicted molar refractivity (Wildman–Crippen MR) is 114 cm³/mol. The zero-order valence-electron chi connectivity index (χ0n) is 18.3. The molecular weight excluding hydrogens is 443 g/mol. The third-order valence-electron chi connectivity index (χ3n) is 6.22. The second-order valence-corrected chi connectivity index (χ2v) is 9.33. The molecular formula is C23H25F5N4O. The average molecular weight is 468 g/mol. The molecule has 2 heterocycles. The van der Waals surface area contributed by atoms with Crippen LogP contribution in [0.3, 0.4) is 0 Å². The topological polar surface area (TPSA) is 71.2 Å². The van der Waals surface area contributed by atoms with E-state index in [1.54, 1.807) is 11.8 Å². The van der Waals surface area contributed by atoms with Crippen LogP contribution < -0.4 is 16.0 Å². The van der Waals surface area contributed by atoms with Crippen molar-refractivity contribution in [3.8, 4) is 11.1 Å². The summed E-state index contributed by atoms with van der Waals surface area (Å²) >= 11 is 0. The molecule has 2 atom stereocenters. The molecule has 2 fully saturated rings. The minimum Gasteiger partial charge on any atom is -0.368 e. The molecule has 1 aliphatic carbocycles. The molecule has 5 nitrogen and oxygen atoms in total. The van der Waals surface area contributed by atoms with Crippen molar-refractivity contribution in [2.24, 2.45) is 11.7 Å². The number of halogens is 5. The van der Waals surface area contributed by atoms with E-state index >= 15 is 0 Å². The van der Waals surface area contributed by atoms with Gasteiger partial charge in [-0.05, 0) is 56.7 Å². The van der Waals surface area contributed by atoms with Crippen molar-refractivity contribution >= 4 is 11.6 Å². The Morgan fingerprint density at radius 3 is 2.39 bits per heavy atom. The van der Waals surface area contributed by atoms with Crippen LogP contribution >= 0.6 is 0 Å². The second kappa shape index (κ2) is 8.23. The molecule has 0 radical (unpaired) electrons. The molecule has 33 heavy (non-hydrogen) atoms. The molecule has 178 valence electrons. The highest BCUT2D eigenvalue weighted by atomic mass is 19.4. The van der Waals surface area contributed by atoms with Gasteiger partial charge in [-0.2, -0.15) is 13.2 Å². The molecule has 1 saturated heterocycles. The quantitative estimate of drug-likeness (QED) is 0.634. The van der Waals surface area contributed by atoms with Gasteiger partial charge in [0.2, 0.25) is 0 Å². The summed E-state index contributed by atoms with van der Waals surface area (Å²) < 4.78 is 70.1. The monoisotopic (exact) mass is 468 g/mol. The van der Waals surface area contributed by atoms with Crippen molar-refractivity contribution in [1.82, 2.24) is 10.3 Å². The van der Waals surface area contributed by atoms with Crippen molar-refractivity contribution in [2.45, 2.75) is 50.9 Å². The maximum absolute atomic E-state index is 14.0. The van der Waals surface area contributed by atoms with Crippen LogP contribution in [0.1, 0.15) is 49.2 Å². The molecule has 1 aliphatic heterocycles. The van der Waals surface area contributed by atoms with Gasteiger partial charge in [-0.15, -0.1) is 0 Å². The lowest BCUT2D eigenvalue weighted by atomic mass is 9.96. The van der Waals surface area contributed by atoms with Crippen LogP contribution in [-0.2, 0) is 6.18 Å². The SMILES string of the molecule is C[C@H](NC(=O)c1cnc(C(F)(F)F)c(-c2cc(F)cc(F)c2)c1N1CCC(C)(N)C1)C1CC1. The van der Waals surface area contributed by atoms with Gasteiger partial charge >= 0.3 is 6.18 Å². The number of hydrogen-bond donors (Lipinski definition) is 2. The molecule has 10 heteroatoms. The Morgan fingerprint density at radius 2 is 1.88 bits per heavy atom. The standard InChI is InChI=1S/C23H25F5N4O/c1-12(13-3-4-13)31-21(33)17-10-30-20(23(26,27)28)18(14-7-15(24)9-16(25)8-14)19(17)32-6-5-22(2,29)11-32/h7-10,12-13H,3-6,11,29H2,1-2H3,(H,31,33)/t12-,22?/m0/s1.